The van der Waals surface area contributed by atoms with Crippen molar-refractivity contribution in [3.63, 3.8) is 0 Å². The van der Waals surface area contributed by atoms with Gasteiger partial charge in [0.15, 0.2) is 0 Å². The zero-order valence-electron chi connectivity index (χ0n) is 10.2. The molecule has 0 aromatic heterocycles. The minimum absolute atomic E-state index is 0.161. The molecule has 0 spiro atoms. The third kappa shape index (κ3) is 2.67. The SMILES string of the molecule is CCC(N)C(=O)CC1CCOc2ccccc21. The number of benzene rings is 1. The highest BCUT2D eigenvalue weighted by molar-refractivity contribution is 5.84. The number of hydrogen-bond donors (Lipinski definition) is 1. The number of ether oxygens (including phenoxy) is 1. The number of carbonyl (C=O) groups is 1. The molecule has 1 aromatic carbocycles. The Bertz CT molecular complexity index is 403. The topological polar surface area (TPSA) is 52.3 Å². The van der Waals surface area contributed by atoms with Gasteiger partial charge in [-0.25, -0.2) is 0 Å². The molecule has 2 unspecified atom stereocenters. The maximum atomic E-state index is 11.9. The van der Waals surface area contributed by atoms with Crippen LogP contribution < -0.4 is 10.5 Å². The summed E-state index contributed by atoms with van der Waals surface area (Å²) in [6.45, 7) is 2.64. The first-order chi connectivity index (χ1) is 8.22. The lowest BCUT2D eigenvalue weighted by molar-refractivity contribution is -0.120. The van der Waals surface area contributed by atoms with Crippen molar-refractivity contribution >= 4 is 5.78 Å². The van der Waals surface area contributed by atoms with Gasteiger partial charge in [0.2, 0.25) is 0 Å². The fourth-order valence-corrected chi connectivity index (χ4v) is 2.25. The van der Waals surface area contributed by atoms with E-state index in [9.17, 15) is 4.79 Å². The van der Waals surface area contributed by atoms with E-state index in [1.165, 1.54) is 0 Å². The number of fused-ring (bicyclic) bond motifs is 1. The van der Waals surface area contributed by atoms with Crippen molar-refractivity contribution in [3.05, 3.63) is 29.8 Å². The maximum absolute atomic E-state index is 11.9. The standard InChI is InChI=1S/C14H19NO2/c1-2-12(15)13(16)9-10-7-8-17-14-6-4-3-5-11(10)14/h3-6,10,12H,2,7-9,15H2,1H3. The number of hydrogen-bond acceptors (Lipinski definition) is 3. The molecule has 0 saturated heterocycles. The van der Waals surface area contributed by atoms with Gasteiger partial charge >= 0.3 is 0 Å². The second-order valence-corrected chi connectivity index (χ2v) is 4.56. The normalized spacial score (nSPS) is 20.2. The van der Waals surface area contributed by atoms with Crippen LogP contribution >= 0.6 is 0 Å². The van der Waals surface area contributed by atoms with Gasteiger partial charge in [-0.05, 0) is 30.4 Å². The third-order valence-corrected chi connectivity index (χ3v) is 3.38. The quantitative estimate of drug-likeness (QED) is 0.867. The van der Waals surface area contributed by atoms with Crippen molar-refractivity contribution in [2.45, 2.75) is 38.1 Å². The molecular formula is C14H19NO2. The van der Waals surface area contributed by atoms with E-state index in [4.69, 9.17) is 10.5 Å². The summed E-state index contributed by atoms with van der Waals surface area (Å²) in [6, 6.07) is 7.64. The van der Waals surface area contributed by atoms with Crippen LogP contribution in [-0.2, 0) is 4.79 Å². The van der Waals surface area contributed by atoms with Gasteiger partial charge in [-0.15, -0.1) is 0 Å². The Balaban J connectivity index is 2.11. The van der Waals surface area contributed by atoms with E-state index in [1.807, 2.05) is 31.2 Å². The molecule has 1 aliphatic rings. The predicted molar refractivity (Wildman–Crippen MR) is 67.2 cm³/mol. The monoisotopic (exact) mass is 233 g/mol. The summed E-state index contributed by atoms with van der Waals surface area (Å²) in [4.78, 5) is 11.9. The number of Topliss-reactive ketones (excluding diaryl/α,β-unsaturated/α-hetero) is 1. The molecule has 0 radical (unpaired) electrons. The largest absolute Gasteiger partial charge is 0.493 e. The minimum Gasteiger partial charge on any atom is -0.493 e. The molecule has 1 heterocycles. The fourth-order valence-electron chi connectivity index (χ4n) is 2.25. The molecule has 2 N–H and O–H groups in total. The van der Waals surface area contributed by atoms with Crippen LogP contribution in [0, 0.1) is 0 Å². The van der Waals surface area contributed by atoms with E-state index >= 15 is 0 Å². The molecule has 0 fully saturated rings. The minimum atomic E-state index is -0.315. The summed E-state index contributed by atoms with van der Waals surface area (Å²) >= 11 is 0. The molecule has 17 heavy (non-hydrogen) atoms. The second-order valence-electron chi connectivity index (χ2n) is 4.56. The maximum Gasteiger partial charge on any atom is 0.150 e. The number of rotatable bonds is 4. The van der Waals surface area contributed by atoms with Crippen molar-refractivity contribution in [1.29, 1.82) is 0 Å². The molecule has 2 atom stereocenters. The Labute approximate surface area is 102 Å². The van der Waals surface area contributed by atoms with E-state index in [-0.39, 0.29) is 17.7 Å². The van der Waals surface area contributed by atoms with Crippen LogP contribution in [0.2, 0.25) is 0 Å². The number of nitrogens with two attached hydrogens (primary N) is 1. The van der Waals surface area contributed by atoms with E-state index in [1.54, 1.807) is 0 Å². The smallest absolute Gasteiger partial charge is 0.150 e. The number of para-hydroxylation sites is 1. The van der Waals surface area contributed by atoms with Crippen LogP contribution in [0.3, 0.4) is 0 Å². The van der Waals surface area contributed by atoms with Gasteiger partial charge in [-0.2, -0.15) is 0 Å². The molecule has 0 amide bonds. The van der Waals surface area contributed by atoms with Crippen LogP contribution in [0.1, 0.15) is 37.7 Å². The Morgan fingerprint density at radius 1 is 1.53 bits per heavy atom. The average Bonchev–Trinajstić information content (AvgIpc) is 2.38. The van der Waals surface area contributed by atoms with Gasteiger partial charge < -0.3 is 10.5 Å². The summed E-state index contributed by atoms with van der Waals surface area (Å²) in [6.07, 6.45) is 2.15. The Morgan fingerprint density at radius 2 is 2.29 bits per heavy atom. The van der Waals surface area contributed by atoms with Gasteiger partial charge in [0.25, 0.3) is 0 Å². The van der Waals surface area contributed by atoms with Crippen molar-refractivity contribution in [2.75, 3.05) is 6.61 Å². The van der Waals surface area contributed by atoms with Crippen molar-refractivity contribution in [2.24, 2.45) is 5.73 Å². The average molecular weight is 233 g/mol. The van der Waals surface area contributed by atoms with Crippen LogP contribution in [0.15, 0.2) is 24.3 Å². The molecule has 1 aromatic rings. The van der Waals surface area contributed by atoms with Crippen molar-refractivity contribution in [1.82, 2.24) is 0 Å². The van der Waals surface area contributed by atoms with E-state index in [0.717, 1.165) is 17.7 Å². The number of ketones is 1. The van der Waals surface area contributed by atoms with Crippen LogP contribution in [0.25, 0.3) is 0 Å². The van der Waals surface area contributed by atoms with E-state index < -0.39 is 0 Å². The molecule has 3 nitrogen and oxygen atoms in total. The van der Waals surface area contributed by atoms with Gasteiger partial charge in [-0.3, -0.25) is 4.79 Å². The lowest BCUT2D eigenvalue weighted by Gasteiger charge is -2.26. The molecule has 92 valence electrons. The van der Waals surface area contributed by atoms with Crippen LogP contribution in [0.4, 0.5) is 0 Å². The molecule has 0 bridgehead atoms. The van der Waals surface area contributed by atoms with Gasteiger partial charge in [0, 0.05) is 6.42 Å². The summed E-state index contributed by atoms with van der Waals surface area (Å²) in [7, 11) is 0. The lowest BCUT2D eigenvalue weighted by atomic mass is 9.87. The summed E-state index contributed by atoms with van der Waals surface area (Å²) in [5.74, 6) is 1.35. The van der Waals surface area contributed by atoms with Crippen molar-refractivity contribution < 1.29 is 9.53 Å². The molecule has 2 rings (SSSR count). The highest BCUT2D eigenvalue weighted by Crippen LogP contribution is 2.35. The van der Waals surface area contributed by atoms with Gasteiger partial charge in [0.05, 0.1) is 12.6 Å². The first-order valence-corrected chi connectivity index (χ1v) is 6.22. The van der Waals surface area contributed by atoms with Gasteiger partial charge in [-0.1, -0.05) is 25.1 Å². The van der Waals surface area contributed by atoms with E-state index in [0.29, 0.717) is 19.4 Å². The molecular weight excluding hydrogens is 214 g/mol. The predicted octanol–water partition coefficient (Wildman–Crippen LogP) is 2.25. The van der Waals surface area contributed by atoms with Gasteiger partial charge in [0.1, 0.15) is 11.5 Å². The molecule has 0 aliphatic carbocycles. The highest BCUT2D eigenvalue weighted by Gasteiger charge is 2.24. The lowest BCUT2D eigenvalue weighted by Crippen LogP contribution is -2.31. The van der Waals surface area contributed by atoms with Crippen LogP contribution in [0.5, 0.6) is 5.75 Å². The zero-order chi connectivity index (χ0) is 12.3. The molecule has 0 saturated carbocycles. The van der Waals surface area contributed by atoms with Crippen molar-refractivity contribution in [3.8, 4) is 5.75 Å². The summed E-state index contributed by atoms with van der Waals surface area (Å²) < 4.78 is 5.58. The molecule has 3 heteroatoms. The number of carbonyl (C=O) groups excluding carboxylic acids is 1. The van der Waals surface area contributed by atoms with E-state index in [2.05, 4.69) is 0 Å². The third-order valence-electron chi connectivity index (χ3n) is 3.38. The summed E-state index contributed by atoms with van der Waals surface area (Å²) in [5.41, 5.74) is 6.92. The highest BCUT2D eigenvalue weighted by atomic mass is 16.5. The second kappa shape index (κ2) is 5.32. The Hall–Kier alpha value is -1.35. The summed E-state index contributed by atoms with van der Waals surface area (Å²) in [5, 5.41) is 0. The first kappa shape index (κ1) is 12.1. The fraction of sp³-hybridized carbons (Fsp3) is 0.500. The van der Waals surface area contributed by atoms with Crippen LogP contribution in [-0.4, -0.2) is 18.4 Å². The molecule has 1 aliphatic heterocycles. The zero-order valence-corrected chi connectivity index (χ0v) is 10.2. The Morgan fingerprint density at radius 3 is 3.06 bits per heavy atom. The Kier molecular flexibility index (Phi) is 3.79. The first-order valence-electron chi connectivity index (χ1n) is 6.22.